The Labute approximate surface area is 83.9 Å². The van der Waals surface area contributed by atoms with Crippen molar-refractivity contribution in [3.05, 3.63) is 29.1 Å². The number of hydrogen-bond acceptors (Lipinski definition) is 3. The van der Waals surface area contributed by atoms with Gasteiger partial charge in [0.25, 0.3) is 11.7 Å². The summed E-state index contributed by atoms with van der Waals surface area (Å²) in [4.78, 5) is 14.2. The molecule has 76 valence electrons. The summed E-state index contributed by atoms with van der Waals surface area (Å²) < 4.78 is 24.8. The molecule has 1 heterocycles. The lowest BCUT2D eigenvalue weighted by Crippen LogP contribution is -2.06. The van der Waals surface area contributed by atoms with Crippen LogP contribution in [0.25, 0.3) is 0 Å². The average molecular weight is 221 g/mol. The number of nitrogens with zero attached hydrogens (tertiary/aromatic N) is 1. The minimum absolute atomic E-state index is 0.0522. The number of rotatable bonds is 3. The molecule has 0 radical (unpaired) electrons. The second kappa shape index (κ2) is 4.43. The quantitative estimate of drug-likeness (QED) is 0.791. The van der Waals surface area contributed by atoms with E-state index >= 15 is 0 Å². The first-order valence-corrected chi connectivity index (χ1v) is 4.11. The lowest BCUT2D eigenvalue weighted by Gasteiger charge is -2.06. The summed E-state index contributed by atoms with van der Waals surface area (Å²) in [5, 5.41) is -0.865. The van der Waals surface area contributed by atoms with Gasteiger partial charge in [-0.2, -0.15) is 0 Å². The molecule has 0 aliphatic rings. The normalized spacial score (nSPS) is 10.6. The Morgan fingerprint density at radius 3 is 2.71 bits per heavy atom. The van der Waals surface area contributed by atoms with Crippen molar-refractivity contribution >= 4 is 16.8 Å². The van der Waals surface area contributed by atoms with E-state index in [1.54, 1.807) is 0 Å². The number of pyridine rings is 1. The third-order valence-electron chi connectivity index (χ3n) is 1.68. The lowest BCUT2D eigenvalue weighted by molar-refractivity contribution is 0.107. The van der Waals surface area contributed by atoms with E-state index in [4.69, 9.17) is 17.3 Å². The van der Waals surface area contributed by atoms with Crippen molar-refractivity contribution in [2.45, 2.75) is 13.0 Å². The molecule has 3 nitrogen and oxygen atoms in total. The fraction of sp³-hybridized carbons (Fsp3) is 0.250. The fourth-order valence-electron chi connectivity index (χ4n) is 0.980. The summed E-state index contributed by atoms with van der Waals surface area (Å²) >= 11 is 5.10. The summed E-state index contributed by atoms with van der Waals surface area (Å²) in [7, 11) is 0. The van der Waals surface area contributed by atoms with Gasteiger partial charge in [0, 0.05) is 18.3 Å². The molecule has 0 spiro atoms. The molecule has 0 unspecified atom stereocenters. The number of alkyl halides is 2. The molecule has 14 heavy (non-hydrogen) atoms. The fourth-order valence-corrected chi connectivity index (χ4v) is 1.08. The summed E-state index contributed by atoms with van der Waals surface area (Å²) in [6, 6.07) is 0.961. The molecule has 0 aliphatic carbocycles. The third-order valence-corrected chi connectivity index (χ3v) is 1.87. The van der Waals surface area contributed by atoms with Crippen molar-refractivity contribution in [1.82, 2.24) is 4.98 Å². The molecule has 2 N–H and O–H groups in total. The zero-order chi connectivity index (χ0) is 10.7. The molecule has 0 atom stereocenters. The van der Waals surface area contributed by atoms with Crippen molar-refractivity contribution in [2.75, 3.05) is 0 Å². The molecule has 0 amide bonds. The highest BCUT2D eigenvalue weighted by atomic mass is 35.5. The molecule has 0 bridgehead atoms. The molecule has 0 fully saturated rings. The molecule has 1 rings (SSSR count). The Bertz CT molecular complexity index is 357. The van der Waals surface area contributed by atoms with Crippen LogP contribution in [-0.2, 0) is 6.54 Å². The van der Waals surface area contributed by atoms with Crippen LogP contribution in [0.4, 0.5) is 8.78 Å². The highest BCUT2D eigenvalue weighted by molar-refractivity contribution is 6.67. The minimum Gasteiger partial charge on any atom is -0.326 e. The molecule has 1 aromatic rings. The van der Waals surface area contributed by atoms with Crippen LogP contribution in [-0.4, -0.2) is 10.2 Å². The standard InChI is InChI=1S/C8H7ClF2N2O/c9-7(14)6-1-5(8(10)11)4(2-12)3-13-6/h1,3,8H,2,12H2. The van der Waals surface area contributed by atoms with Crippen LogP contribution in [0.5, 0.6) is 0 Å². The van der Waals surface area contributed by atoms with E-state index in [-0.39, 0.29) is 23.4 Å². The van der Waals surface area contributed by atoms with Crippen LogP contribution in [0.2, 0.25) is 0 Å². The van der Waals surface area contributed by atoms with E-state index in [2.05, 4.69) is 4.98 Å². The van der Waals surface area contributed by atoms with Gasteiger partial charge in [-0.25, -0.2) is 8.78 Å². The van der Waals surface area contributed by atoms with Gasteiger partial charge in [-0.1, -0.05) is 0 Å². The van der Waals surface area contributed by atoms with E-state index in [1.807, 2.05) is 0 Å². The molecule has 1 aromatic heterocycles. The second-order valence-corrected chi connectivity index (χ2v) is 2.89. The van der Waals surface area contributed by atoms with Crippen LogP contribution in [0.3, 0.4) is 0 Å². The first-order chi connectivity index (χ1) is 6.56. The van der Waals surface area contributed by atoms with Crippen molar-refractivity contribution in [3.8, 4) is 0 Å². The van der Waals surface area contributed by atoms with E-state index in [0.29, 0.717) is 0 Å². The first-order valence-electron chi connectivity index (χ1n) is 3.73. The van der Waals surface area contributed by atoms with Gasteiger partial charge < -0.3 is 5.73 Å². The van der Waals surface area contributed by atoms with E-state index < -0.39 is 11.7 Å². The SMILES string of the molecule is NCc1cnc(C(=O)Cl)cc1C(F)F. The van der Waals surface area contributed by atoms with Crippen LogP contribution in [0.1, 0.15) is 28.0 Å². The van der Waals surface area contributed by atoms with E-state index in [9.17, 15) is 13.6 Å². The van der Waals surface area contributed by atoms with Gasteiger partial charge in [0.05, 0.1) is 0 Å². The highest BCUT2D eigenvalue weighted by Crippen LogP contribution is 2.23. The zero-order valence-corrected chi connectivity index (χ0v) is 7.76. The van der Waals surface area contributed by atoms with Crippen LogP contribution in [0.15, 0.2) is 12.3 Å². The molecule has 0 saturated heterocycles. The van der Waals surface area contributed by atoms with Gasteiger partial charge in [-0.05, 0) is 23.2 Å². The van der Waals surface area contributed by atoms with Crippen molar-refractivity contribution in [2.24, 2.45) is 5.73 Å². The van der Waals surface area contributed by atoms with Gasteiger partial charge in [-0.3, -0.25) is 9.78 Å². The third kappa shape index (κ3) is 2.24. The smallest absolute Gasteiger partial charge is 0.270 e. The Morgan fingerprint density at radius 2 is 2.29 bits per heavy atom. The maximum Gasteiger partial charge on any atom is 0.270 e. The molecule has 6 heteroatoms. The zero-order valence-electron chi connectivity index (χ0n) is 7.01. The minimum atomic E-state index is -2.69. The van der Waals surface area contributed by atoms with Crippen molar-refractivity contribution in [1.29, 1.82) is 0 Å². The average Bonchev–Trinajstić information content (AvgIpc) is 2.16. The number of carbonyl (C=O) groups excluding carboxylic acids is 1. The van der Waals surface area contributed by atoms with Crippen molar-refractivity contribution < 1.29 is 13.6 Å². The van der Waals surface area contributed by atoms with Crippen molar-refractivity contribution in [3.63, 3.8) is 0 Å². The number of hydrogen-bond donors (Lipinski definition) is 1. The van der Waals surface area contributed by atoms with Gasteiger partial charge in [-0.15, -0.1) is 0 Å². The van der Waals surface area contributed by atoms with E-state index in [0.717, 1.165) is 12.3 Å². The Hall–Kier alpha value is -1.07. The molecule has 0 aliphatic heterocycles. The highest BCUT2D eigenvalue weighted by Gasteiger charge is 2.15. The summed E-state index contributed by atoms with van der Waals surface area (Å²) in [5.41, 5.74) is 4.94. The van der Waals surface area contributed by atoms with Crippen LogP contribution >= 0.6 is 11.6 Å². The maximum atomic E-state index is 12.4. The first kappa shape index (κ1) is 11.0. The topological polar surface area (TPSA) is 56.0 Å². The van der Waals surface area contributed by atoms with Gasteiger partial charge in [0.1, 0.15) is 5.69 Å². The largest absolute Gasteiger partial charge is 0.326 e. The van der Waals surface area contributed by atoms with Gasteiger partial charge in [0.15, 0.2) is 0 Å². The molecular formula is C8H7ClF2N2O. The van der Waals surface area contributed by atoms with Gasteiger partial charge >= 0.3 is 0 Å². The summed E-state index contributed by atoms with van der Waals surface area (Å²) in [5.74, 6) is 0. The maximum absolute atomic E-state index is 12.4. The van der Waals surface area contributed by atoms with E-state index in [1.165, 1.54) is 0 Å². The van der Waals surface area contributed by atoms with Crippen LogP contribution < -0.4 is 5.73 Å². The Kier molecular flexibility index (Phi) is 3.49. The number of carbonyl (C=O) groups is 1. The lowest BCUT2D eigenvalue weighted by atomic mass is 10.1. The molecule has 0 saturated carbocycles. The predicted octanol–water partition coefficient (Wildman–Crippen LogP) is 1.86. The number of aromatic nitrogens is 1. The molecular weight excluding hydrogens is 214 g/mol. The Balaban J connectivity index is 3.20. The second-order valence-electron chi connectivity index (χ2n) is 2.55. The van der Waals surface area contributed by atoms with Crippen LogP contribution in [0, 0.1) is 0 Å². The summed E-state index contributed by atoms with van der Waals surface area (Å²) in [6.45, 7) is -0.0522. The Morgan fingerprint density at radius 1 is 1.64 bits per heavy atom. The summed E-state index contributed by atoms with van der Waals surface area (Å²) in [6.07, 6.45) is -1.55. The number of nitrogens with two attached hydrogens (primary N) is 1. The number of halogens is 3. The predicted molar refractivity (Wildman–Crippen MR) is 47.3 cm³/mol. The monoisotopic (exact) mass is 220 g/mol. The van der Waals surface area contributed by atoms with Gasteiger partial charge in [0.2, 0.25) is 0 Å². The molecule has 0 aromatic carbocycles.